The van der Waals surface area contributed by atoms with E-state index in [0.29, 0.717) is 6.54 Å². The third-order valence-electron chi connectivity index (χ3n) is 1.94. The third kappa shape index (κ3) is 6.33. The fourth-order valence-electron chi connectivity index (χ4n) is 0.906. The van der Waals surface area contributed by atoms with E-state index in [2.05, 4.69) is 0 Å². The van der Waals surface area contributed by atoms with Crippen molar-refractivity contribution in [2.45, 2.75) is 46.3 Å². The van der Waals surface area contributed by atoms with Gasteiger partial charge in [0.15, 0.2) is 0 Å². The predicted octanol–water partition coefficient (Wildman–Crippen LogP) is 1.87. The lowest BCUT2D eigenvalue weighted by Gasteiger charge is -2.27. The number of carbonyl (C=O) groups is 1. The molecule has 0 aliphatic heterocycles. The second kappa shape index (κ2) is 5.35. The number of carbonyl (C=O) groups excluding carboxylic acids is 1. The molecule has 4 nitrogen and oxygen atoms in total. The zero-order chi connectivity index (χ0) is 12.2. The maximum Gasteiger partial charge on any atom is 0.410 e. The summed E-state index contributed by atoms with van der Waals surface area (Å²) in [6, 6.07) is 0. The molecule has 0 bridgehead atoms. The average Bonchev–Trinajstić information content (AvgIpc) is 2.00. The quantitative estimate of drug-likeness (QED) is 0.785. The largest absolute Gasteiger partial charge is 0.444 e. The number of amides is 1. The van der Waals surface area contributed by atoms with Gasteiger partial charge in [-0.25, -0.2) is 4.79 Å². The molecule has 0 aromatic rings. The van der Waals surface area contributed by atoms with Crippen LogP contribution in [0.15, 0.2) is 0 Å². The average molecular weight is 217 g/mol. The monoisotopic (exact) mass is 217 g/mol. The van der Waals surface area contributed by atoms with Crippen molar-refractivity contribution < 1.29 is 14.6 Å². The van der Waals surface area contributed by atoms with Gasteiger partial charge in [-0.3, -0.25) is 0 Å². The number of rotatable bonds is 3. The first kappa shape index (κ1) is 14.2. The zero-order valence-electron chi connectivity index (χ0n) is 10.6. The van der Waals surface area contributed by atoms with Crippen LogP contribution in [0.25, 0.3) is 0 Å². The molecule has 1 N–H and O–H groups in total. The number of ether oxygens (including phenoxy) is 1. The first-order chi connectivity index (χ1) is 6.63. The van der Waals surface area contributed by atoms with Crippen molar-refractivity contribution in [3.63, 3.8) is 0 Å². The SMILES string of the molecule is CC(C)C(O)CN(C)C(=O)OC(C)(C)C. The zero-order valence-corrected chi connectivity index (χ0v) is 10.6. The van der Waals surface area contributed by atoms with E-state index in [1.165, 1.54) is 4.90 Å². The van der Waals surface area contributed by atoms with Gasteiger partial charge in [0.1, 0.15) is 5.60 Å². The van der Waals surface area contributed by atoms with Crippen LogP contribution in [0.2, 0.25) is 0 Å². The van der Waals surface area contributed by atoms with Gasteiger partial charge in [0.2, 0.25) is 0 Å². The van der Waals surface area contributed by atoms with Gasteiger partial charge in [0.25, 0.3) is 0 Å². The van der Waals surface area contributed by atoms with Gasteiger partial charge in [-0.15, -0.1) is 0 Å². The van der Waals surface area contributed by atoms with Gasteiger partial charge in [0.05, 0.1) is 6.10 Å². The Balaban J connectivity index is 4.11. The molecular formula is C11H23NO3. The van der Waals surface area contributed by atoms with Crippen molar-refractivity contribution in [2.24, 2.45) is 5.92 Å². The van der Waals surface area contributed by atoms with Crippen LogP contribution in [0.5, 0.6) is 0 Å². The summed E-state index contributed by atoms with van der Waals surface area (Å²) in [5, 5.41) is 9.59. The summed E-state index contributed by atoms with van der Waals surface area (Å²) < 4.78 is 5.16. The van der Waals surface area contributed by atoms with Crippen molar-refractivity contribution in [1.29, 1.82) is 0 Å². The molecule has 1 atom stereocenters. The van der Waals surface area contributed by atoms with Gasteiger partial charge in [-0.05, 0) is 26.7 Å². The second-order valence-electron chi connectivity index (χ2n) is 5.17. The lowest BCUT2D eigenvalue weighted by molar-refractivity contribution is 0.0158. The molecule has 4 heteroatoms. The molecule has 0 heterocycles. The van der Waals surface area contributed by atoms with E-state index in [9.17, 15) is 9.90 Å². The molecule has 0 radical (unpaired) electrons. The predicted molar refractivity (Wildman–Crippen MR) is 59.7 cm³/mol. The number of hydrogen-bond acceptors (Lipinski definition) is 3. The van der Waals surface area contributed by atoms with E-state index >= 15 is 0 Å². The Bertz CT molecular complexity index is 208. The van der Waals surface area contributed by atoms with Crippen molar-refractivity contribution in [2.75, 3.05) is 13.6 Å². The fraction of sp³-hybridized carbons (Fsp3) is 0.909. The molecule has 0 saturated carbocycles. The summed E-state index contributed by atoms with van der Waals surface area (Å²) in [7, 11) is 1.62. The molecule has 0 aromatic heterocycles. The number of likely N-dealkylation sites (N-methyl/N-ethyl adjacent to an activating group) is 1. The molecule has 0 fully saturated rings. The minimum atomic E-state index is -0.512. The van der Waals surface area contributed by atoms with Crippen molar-refractivity contribution in [1.82, 2.24) is 4.90 Å². The maximum atomic E-state index is 11.5. The first-order valence-electron chi connectivity index (χ1n) is 5.25. The number of nitrogens with zero attached hydrogens (tertiary/aromatic N) is 1. The highest BCUT2D eigenvalue weighted by Crippen LogP contribution is 2.10. The van der Waals surface area contributed by atoms with Crippen LogP contribution in [-0.2, 0) is 4.74 Å². The lowest BCUT2D eigenvalue weighted by atomic mass is 10.1. The van der Waals surface area contributed by atoms with Crippen LogP contribution in [0.3, 0.4) is 0 Å². The Hall–Kier alpha value is -0.770. The minimum Gasteiger partial charge on any atom is -0.444 e. The number of aliphatic hydroxyl groups excluding tert-OH is 1. The summed E-state index contributed by atoms with van der Waals surface area (Å²) in [5.74, 6) is 0.134. The Labute approximate surface area is 92.2 Å². The molecule has 15 heavy (non-hydrogen) atoms. The Morgan fingerprint density at radius 3 is 2.20 bits per heavy atom. The van der Waals surface area contributed by atoms with Crippen LogP contribution in [0.4, 0.5) is 4.79 Å². The molecule has 0 aliphatic carbocycles. The molecule has 0 aromatic carbocycles. The van der Waals surface area contributed by atoms with E-state index in [1.807, 2.05) is 34.6 Å². The van der Waals surface area contributed by atoms with E-state index in [4.69, 9.17) is 4.74 Å². The van der Waals surface area contributed by atoms with Gasteiger partial charge < -0.3 is 14.7 Å². The normalized spacial score (nSPS) is 13.9. The fourth-order valence-corrected chi connectivity index (χ4v) is 0.906. The molecule has 0 rings (SSSR count). The second-order valence-corrected chi connectivity index (χ2v) is 5.17. The molecule has 0 spiro atoms. The lowest BCUT2D eigenvalue weighted by Crippen LogP contribution is -2.39. The number of aliphatic hydroxyl groups is 1. The Morgan fingerprint density at radius 1 is 1.40 bits per heavy atom. The minimum absolute atomic E-state index is 0.134. The molecule has 90 valence electrons. The van der Waals surface area contributed by atoms with Gasteiger partial charge in [0, 0.05) is 13.6 Å². The van der Waals surface area contributed by atoms with Gasteiger partial charge in [-0.2, -0.15) is 0 Å². The summed E-state index contributed by atoms with van der Waals surface area (Å²) in [6.07, 6.45) is -0.912. The van der Waals surface area contributed by atoms with Gasteiger partial charge >= 0.3 is 6.09 Å². The molecule has 0 aliphatic rings. The van der Waals surface area contributed by atoms with Crippen molar-refractivity contribution in [3.05, 3.63) is 0 Å². The summed E-state index contributed by atoms with van der Waals surface area (Å²) in [5.41, 5.74) is -0.492. The summed E-state index contributed by atoms with van der Waals surface area (Å²) in [4.78, 5) is 12.9. The molecular weight excluding hydrogens is 194 g/mol. The van der Waals surface area contributed by atoms with E-state index in [0.717, 1.165) is 0 Å². The molecule has 0 saturated heterocycles. The van der Waals surface area contributed by atoms with E-state index in [-0.39, 0.29) is 5.92 Å². The smallest absolute Gasteiger partial charge is 0.410 e. The van der Waals surface area contributed by atoms with Crippen LogP contribution in [0, 0.1) is 5.92 Å². The Morgan fingerprint density at radius 2 is 1.87 bits per heavy atom. The van der Waals surface area contributed by atoms with Crippen LogP contribution >= 0.6 is 0 Å². The van der Waals surface area contributed by atoms with Crippen LogP contribution in [0.1, 0.15) is 34.6 Å². The topological polar surface area (TPSA) is 49.8 Å². The molecule has 1 amide bonds. The Kier molecular flexibility index (Phi) is 5.08. The standard InChI is InChI=1S/C11H23NO3/c1-8(2)9(13)7-12(6)10(14)15-11(3,4)5/h8-9,13H,7H2,1-6H3. The van der Waals surface area contributed by atoms with Crippen molar-refractivity contribution in [3.8, 4) is 0 Å². The highest BCUT2D eigenvalue weighted by atomic mass is 16.6. The maximum absolute atomic E-state index is 11.5. The number of hydrogen-bond donors (Lipinski definition) is 1. The van der Waals surface area contributed by atoms with E-state index in [1.54, 1.807) is 7.05 Å². The van der Waals surface area contributed by atoms with E-state index < -0.39 is 17.8 Å². The van der Waals surface area contributed by atoms with Crippen molar-refractivity contribution >= 4 is 6.09 Å². The third-order valence-corrected chi connectivity index (χ3v) is 1.94. The van der Waals surface area contributed by atoms with Crippen LogP contribution in [-0.4, -0.2) is 41.4 Å². The first-order valence-corrected chi connectivity index (χ1v) is 5.25. The summed E-state index contributed by atoms with van der Waals surface area (Å²) in [6.45, 7) is 9.57. The van der Waals surface area contributed by atoms with Crippen LogP contribution < -0.4 is 0 Å². The highest BCUT2D eigenvalue weighted by Gasteiger charge is 2.22. The van der Waals surface area contributed by atoms with Gasteiger partial charge in [-0.1, -0.05) is 13.8 Å². The summed E-state index contributed by atoms with van der Waals surface area (Å²) >= 11 is 0. The molecule has 1 unspecified atom stereocenters. The highest BCUT2D eigenvalue weighted by molar-refractivity contribution is 5.67.